The number of methoxy groups -OCH3 is 1. The lowest BCUT2D eigenvalue weighted by molar-refractivity contribution is -0.154. The van der Waals surface area contributed by atoms with E-state index in [0.29, 0.717) is 12.4 Å². The van der Waals surface area contributed by atoms with Crippen molar-refractivity contribution in [3.05, 3.63) is 12.3 Å². The highest BCUT2D eigenvalue weighted by molar-refractivity contribution is 4.96. The van der Waals surface area contributed by atoms with Gasteiger partial charge in [0.1, 0.15) is 6.10 Å². The third kappa shape index (κ3) is 2.93. The zero-order valence-corrected chi connectivity index (χ0v) is 9.82. The van der Waals surface area contributed by atoms with Crippen molar-refractivity contribution in [2.45, 2.75) is 38.8 Å². The molecule has 1 fully saturated rings. The summed E-state index contributed by atoms with van der Waals surface area (Å²) in [5, 5.41) is 10.0. The molecule has 88 valence electrons. The van der Waals surface area contributed by atoms with Gasteiger partial charge in [-0.1, -0.05) is 13.5 Å². The Labute approximate surface area is 90.8 Å². The van der Waals surface area contributed by atoms with E-state index in [1.54, 1.807) is 7.11 Å². The third-order valence-corrected chi connectivity index (χ3v) is 2.69. The molecule has 1 rings (SSSR count). The van der Waals surface area contributed by atoms with E-state index in [0.717, 1.165) is 0 Å². The van der Waals surface area contributed by atoms with Gasteiger partial charge in [0.25, 0.3) is 0 Å². The van der Waals surface area contributed by atoms with Gasteiger partial charge < -0.3 is 19.3 Å². The Kier molecular flexibility index (Phi) is 3.76. The zero-order chi connectivity index (χ0) is 11.6. The molecule has 0 saturated carbocycles. The SMILES string of the molecule is C=C(OC)C(C)C(O)C1COC(C)(C)O1. The van der Waals surface area contributed by atoms with Gasteiger partial charge in [-0.15, -0.1) is 0 Å². The Hall–Kier alpha value is -0.580. The molecule has 4 heteroatoms. The second kappa shape index (κ2) is 4.51. The van der Waals surface area contributed by atoms with Gasteiger partial charge in [0, 0.05) is 5.92 Å². The predicted octanol–water partition coefficient (Wildman–Crippen LogP) is 1.29. The Bertz CT molecular complexity index is 237. The monoisotopic (exact) mass is 216 g/mol. The van der Waals surface area contributed by atoms with Crippen LogP contribution in [0.1, 0.15) is 20.8 Å². The van der Waals surface area contributed by atoms with Crippen LogP contribution in [0.15, 0.2) is 12.3 Å². The summed E-state index contributed by atoms with van der Waals surface area (Å²) in [5.74, 6) is -0.229. The molecule has 0 spiro atoms. The molecule has 1 aliphatic rings. The first-order valence-electron chi connectivity index (χ1n) is 5.10. The van der Waals surface area contributed by atoms with Gasteiger partial charge in [0.05, 0.1) is 25.6 Å². The molecule has 0 aromatic carbocycles. The average molecular weight is 216 g/mol. The fourth-order valence-corrected chi connectivity index (χ4v) is 1.58. The van der Waals surface area contributed by atoms with Crippen LogP contribution in [0.5, 0.6) is 0 Å². The van der Waals surface area contributed by atoms with Crippen LogP contribution in [0.3, 0.4) is 0 Å². The lowest BCUT2D eigenvalue weighted by atomic mass is 9.98. The summed E-state index contributed by atoms with van der Waals surface area (Å²) in [6, 6.07) is 0. The number of aliphatic hydroxyl groups excluding tert-OH is 1. The molecule has 1 N–H and O–H groups in total. The average Bonchev–Trinajstić information content (AvgIpc) is 2.55. The molecule has 0 amide bonds. The molecule has 0 aromatic rings. The molecule has 0 aliphatic carbocycles. The summed E-state index contributed by atoms with van der Waals surface area (Å²) < 4.78 is 15.9. The minimum absolute atomic E-state index is 0.169. The van der Waals surface area contributed by atoms with E-state index in [1.807, 2.05) is 20.8 Å². The second-order valence-corrected chi connectivity index (χ2v) is 4.32. The fourth-order valence-electron chi connectivity index (χ4n) is 1.58. The molecule has 1 saturated heterocycles. The van der Waals surface area contributed by atoms with Crippen molar-refractivity contribution >= 4 is 0 Å². The Morgan fingerprint density at radius 1 is 1.60 bits per heavy atom. The second-order valence-electron chi connectivity index (χ2n) is 4.32. The van der Waals surface area contributed by atoms with E-state index in [2.05, 4.69) is 6.58 Å². The van der Waals surface area contributed by atoms with Gasteiger partial charge in [-0.2, -0.15) is 0 Å². The van der Waals surface area contributed by atoms with E-state index >= 15 is 0 Å². The number of ether oxygens (including phenoxy) is 3. The topological polar surface area (TPSA) is 47.9 Å². The molecule has 0 bridgehead atoms. The van der Waals surface area contributed by atoms with Gasteiger partial charge in [-0.05, 0) is 13.8 Å². The predicted molar refractivity (Wildman–Crippen MR) is 56.2 cm³/mol. The van der Waals surface area contributed by atoms with Crippen molar-refractivity contribution in [1.29, 1.82) is 0 Å². The number of hydrogen-bond donors (Lipinski definition) is 1. The molecular formula is C11H20O4. The minimum Gasteiger partial charge on any atom is -0.501 e. The molecule has 1 heterocycles. The fraction of sp³-hybridized carbons (Fsp3) is 0.818. The van der Waals surface area contributed by atoms with Crippen molar-refractivity contribution in [2.24, 2.45) is 5.92 Å². The lowest BCUT2D eigenvalue weighted by Gasteiger charge is -2.25. The highest BCUT2D eigenvalue weighted by Crippen LogP contribution is 2.28. The van der Waals surface area contributed by atoms with Crippen molar-refractivity contribution in [2.75, 3.05) is 13.7 Å². The number of aliphatic hydroxyl groups is 1. The maximum Gasteiger partial charge on any atom is 0.163 e. The maximum atomic E-state index is 10.0. The van der Waals surface area contributed by atoms with Crippen LogP contribution in [0.4, 0.5) is 0 Å². The first-order valence-corrected chi connectivity index (χ1v) is 5.10. The number of rotatable bonds is 4. The first-order chi connectivity index (χ1) is 6.87. The van der Waals surface area contributed by atoms with Gasteiger partial charge in [0.15, 0.2) is 5.79 Å². The molecule has 0 aromatic heterocycles. The van der Waals surface area contributed by atoms with Crippen LogP contribution in [0.25, 0.3) is 0 Å². The maximum absolute atomic E-state index is 10.0. The largest absolute Gasteiger partial charge is 0.501 e. The van der Waals surface area contributed by atoms with Crippen LogP contribution in [-0.2, 0) is 14.2 Å². The van der Waals surface area contributed by atoms with E-state index < -0.39 is 11.9 Å². The minimum atomic E-state index is -0.653. The summed E-state index contributed by atoms with van der Waals surface area (Å²) in [4.78, 5) is 0. The van der Waals surface area contributed by atoms with Gasteiger partial charge in [-0.25, -0.2) is 0 Å². The van der Waals surface area contributed by atoms with Crippen LogP contribution >= 0.6 is 0 Å². The Balaban J connectivity index is 2.55. The molecule has 3 unspecified atom stereocenters. The molecule has 1 aliphatic heterocycles. The van der Waals surface area contributed by atoms with Crippen molar-refractivity contribution in [1.82, 2.24) is 0 Å². The van der Waals surface area contributed by atoms with E-state index in [-0.39, 0.29) is 12.0 Å². The first kappa shape index (κ1) is 12.5. The van der Waals surface area contributed by atoms with Crippen molar-refractivity contribution in [3.8, 4) is 0 Å². The molecule has 15 heavy (non-hydrogen) atoms. The zero-order valence-electron chi connectivity index (χ0n) is 9.82. The van der Waals surface area contributed by atoms with Gasteiger partial charge in [0.2, 0.25) is 0 Å². The van der Waals surface area contributed by atoms with Crippen LogP contribution in [0, 0.1) is 5.92 Å². The highest BCUT2D eigenvalue weighted by Gasteiger charge is 2.39. The quantitative estimate of drug-likeness (QED) is 0.719. The molecule has 0 radical (unpaired) electrons. The number of hydrogen-bond acceptors (Lipinski definition) is 4. The summed E-state index contributed by atoms with van der Waals surface area (Å²) in [6.07, 6.45) is -0.971. The summed E-state index contributed by atoms with van der Waals surface area (Å²) in [6.45, 7) is 9.63. The Morgan fingerprint density at radius 3 is 2.60 bits per heavy atom. The van der Waals surface area contributed by atoms with Gasteiger partial charge in [-0.3, -0.25) is 0 Å². The summed E-state index contributed by atoms with van der Waals surface area (Å²) >= 11 is 0. The lowest BCUT2D eigenvalue weighted by Crippen LogP contribution is -2.36. The third-order valence-electron chi connectivity index (χ3n) is 2.69. The van der Waals surface area contributed by atoms with Gasteiger partial charge >= 0.3 is 0 Å². The van der Waals surface area contributed by atoms with Crippen molar-refractivity contribution in [3.63, 3.8) is 0 Å². The van der Waals surface area contributed by atoms with Crippen LogP contribution < -0.4 is 0 Å². The van der Waals surface area contributed by atoms with E-state index in [4.69, 9.17) is 14.2 Å². The van der Waals surface area contributed by atoms with Crippen LogP contribution in [-0.4, -0.2) is 36.8 Å². The van der Waals surface area contributed by atoms with Crippen LogP contribution in [0.2, 0.25) is 0 Å². The van der Waals surface area contributed by atoms with E-state index in [1.165, 1.54) is 0 Å². The highest BCUT2D eigenvalue weighted by atomic mass is 16.7. The molecule has 3 atom stereocenters. The summed E-state index contributed by atoms with van der Waals surface area (Å²) in [5.41, 5.74) is 0. The normalized spacial score (nSPS) is 28.5. The molecular weight excluding hydrogens is 196 g/mol. The smallest absolute Gasteiger partial charge is 0.163 e. The standard InChI is InChI=1S/C11H20O4/c1-7(8(2)13-5)10(12)9-6-14-11(3,4)15-9/h7,9-10,12H,2,6H2,1,3-5H3. The molecule has 4 nitrogen and oxygen atoms in total. The Morgan fingerprint density at radius 2 is 2.20 bits per heavy atom. The van der Waals surface area contributed by atoms with E-state index in [9.17, 15) is 5.11 Å². The van der Waals surface area contributed by atoms with Crippen molar-refractivity contribution < 1.29 is 19.3 Å². The summed E-state index contributed by atoms with van der Waals surface area (Å²) in [7, 11) is 1.54.